The number of benzene rings is 1. The maximum atomic E-state index is 12.3. The molecule has 1 rings (SSSR count). The number of nitrogens with zero attached hydrogens (tertiary/aromatic N) is 1. The van der Waals surface area contributed by atoms with Gasteiger partial charge in [-0.25, -0.2) is 0 Å². The van der Waals surface area contributed by atoms with Crippen LogP contribution in [0.3, 0.4) is 0 Å². The van der Waals surface area contributed by atoms with E-state index in [0.717, 1.165) is 24.8 Å². The van der Waals surface area contributed by atoms with E-state index in [0.29, 0.717) is 6.42 Å². The van der Waals surface area contributed by atoms with Crippen molar-refractivity contribution in [3.63, 3.8) is 0 Å². The molecule has 0 aromatic heterocycles. The first kappa shape index (κ1) is 17.0. The van der Waals surface area contributed by atoms with Crippen LogP contribution in [-0.2, 0) is 11.2 Å². The molecule has 1 aromatic carbocycles. The molecule has 1 aromatic rings. The molecule has 116 valence electrons. The number of amidine groups is 1. The molecule has 0 radical (unpaired) electrons. The fraction of sp³-hybridized carbons (Fsp3) is 0.500. The summed E-state index contributed by atoms with van der Waals surface area (Å²) < 4.78 is 0. The Morgan fingerprint density at radius 1 is 1.38 bits per heavy atom. The van der Waals surface area contributed by atoms with Crippen molar-refractivity contribution in [2.24, 2.45) is 16.8 Å². The number of amides is 1. The minimum atomic E-state index is -0.651. The van der Waals surface area contributed by atoms with Crippen LogP contribution in [-0.4, -0.2) is 23.0 Å². The van der Waals surface area contributed by atoms with Crippen LogP contribution in [0.15, 0.2) is 35.5 Å². The summed E-state index contributed by atoms with van der Waals surface area (Å²) in [5.74, 6) is -0.904. The number of rotatable bonds is 8. The van der Waals surface area contributed by atoms with Gasteiger partial charge in [0.2, 0.25) is 5.91 Å². The lowest BCUT2D eigenvalue weighted by Gasteiger charge is -2.19. The molecule has 5 heteroatoms. The van der Waals surface area contributed by atoms with Crippen molar-refractivity contribution >= 4 is 11.7 Å². The van der Waals surface area contributed by atoms with Gasteiger partial charge >= 0.3 is 0 Å². The zero-order chi connectivity index (χ0) is 15.7. The average molecular weight is 291 g/mol. The quantitative estimate of drug-likeness (QED) is 0.297. The Bertz CT molecular complexity index is 460. The third-order valence-electron chi connectivity index (χ3n) is 3.45. The lowest BCUT2D eigenvalue weighted by Crippen LogP contribution is -2.43. The Balaban J connectivity index is 2.71. The maximum Gasteiger partial charge on any atom is 0.231 e. The second-order valence-corrected chi connectivity index (χ2v) is 5.32. The molecule has 2 atom stereocenters. The van der Waals surface area contributed by atoms with Gasteiger partial charge in [0.05, 0.1) is 0 Å². The Morgan fingerprint density at radius 2 is 2.05 bits per heavy atom. The SMILES string of the molecule is CCCCC(C)NC(=O)C(Cc1ccccc1)C(N)=NO. The fourth-order valence-electron chi connectivity index (χ4n) is 2.18. The standard InChI is InChI=1S/C16H25N3O2/c1-3-4-8-12(2)18-16(20)14(15(17)19-21)11-13-9-6-5-7-10-13/h5-7,9-10,12,14,21H,3-4,8,11H2,1-2H3,(H2,17,19)(H,18,20). The van der Waals surface area contributed by atoms with Crippen LogP contribution < -0.4 is 11.1 Å². The van der Waals surface area contributed by atoms with E-state index in [9.17, 15) is 4.79 Å². The first-order valence-corrected chi connectivity index (χ1v) is 7.40. The highest BCUT2D eigenvalue weighted by Gasteiger charge is 2.24. The minimum absolute atomic E-state index is 0.0564. The molecule has 0 fully saturated rings. The zero-order valence-corrected chi connectivity index (χ0v) is 12.7. The number of hydrogen-bond donors (Lipinski definition) is 3. The van der Waals surface area contributed by atoms with E-state index in [1.54, 1.807) is 0 Å². The van der Waals surface area contributed by atoms with Crippen LogP contribution in [0, 0.1) is 5.92 Å². The third kappa shape index (κ3) is 5.85. The molecule has 0 aliphatic rings. The smallest absolute Gasteiger partial charge is 0.231 e. The highest BCUT2D eigenvalue weighted by molar-refractivity contribution is 6.02. The largest absolute Gasteiger partial charge is 0.409 e. The number of hydrogen-bond acceptors (Lipinski definition) is 3. The molecule has 0 aliphatic carbocycles. The van der Waals surface area contributed by atoms with Crippen LogP contribution in [0.4, 0.5) is 0 Å². The van der Waals surface area contributed by atoms with Gasteiger partial charge in [0, 0.05) is 6.04 Å². The average Bonchev–Trinajstić information content (AvgIpc) is 2.50. The molecule has 1 amide bonds. The van der Waals surface area contributed by atoms with E-state index in [1.807, 2.05) is 37.3 Å². The number of carbonyl (C=O) groups excluding carboxylic acids is 1. The lowest BCUT2D eigenvalue weighted by molar-refractivity contribution is -0.123. The molecule has 4 N–H and O–H groups in total. The molecule has 2 unspecified atom stereocenters. The lowest BCUT2D eigenvalue weighted by atomic mass is 9.97. The topological polar surface area (TPSA) is 87.7 Å². The van der Waals surface area contributed by atoms with Gasteiger partial charge in [0.15, 0.2) is 5.84 Å². The van der Waals surface area contributed by atoms with Crippen LogP contribution >= 0.6 is 0 Å². The molecule has 0 heterocycles. The van der Waals surface area contributed by atoms with Gasteiger partial charge in [-0.3, -0.25) is 4.79 Å². The van der Waals surface area contributed by atoms with Crippen LogP contribution in [0.2, 0.25) is 0 Å². The predicted molar refractivity (Wildman–Crippen MR) is 84.2 cm³/mol. The zero-order valence-electron chi connectivity index (χ0n) is 12.7. The van der Waals surface area contributed by atoms with E-state index in [1.165, 1.54) is 0 Å². The summed E-state index contributed by atoms with van der Waals surface area (Å²) in [5, 5.41) is 14.8. The Hall–Kier alpha value is -2.04. The van der Waals surface area contributed by atoms with Gasteiger partial charge in [-0.2, -0.15) is 0 Å². The van der Waals surface area contributed by atoms with Crippen molar-refractivity contribution in [1.29, 1.82) is 0 Å². The summed E-state index contributed by atoms with van der Waals surface area (Å²) in [6, 6.07) is 9.65. The molecular formula is C16H25N3O2. The van der Waals surface area contributed by atoms with Gasteiger partial charge in [0.1, 0.15) is 5.92 Å². The van der Waals surface area contributed by atoms with Crippen molar-refractivity contribution in [3.8, 4) is 0 Å². The summed E-state index contributed by atoms with van der Waals surface area (Å²) in [6.07, 6.45) is 3.50. The predicted octanol–water partition coefficient (Wildman–Crippen LogP) is 2.29. The second-order valence-electron chi connectivity index (χ2n) is 5.32. The summed E-state index contributed by atoms with van der Waals surface area (Å²) in [6.45, 7) is 4.09. The summed E-state index contributed by atoms with van der Waals surface area (Å²) in [5.41, 5.74) is 6.66. The molecule has 0 saturated heterocycles. The fourth-order valence-corrected chi connectivity index (χ4v) is 2.18. The van der Waals surface area contributed by atoms with Crippen LogP contribution in [0.1, 0.15) is 38.7 Å². The number of nitrogens with two attached hydrogens (primary N) is 1. The minimum Gasteiger partial charge on any atom is -0.409 e. The van der Waals surface area contributed by atoms with Crippen molar-refractivity contribution < 1.29 is 10.0 Å². The van der Waals surface area contributed by atoms with Crippen molar-refractivity contribution in [3.05, 3.63) is 35.9 Å². The highest BCUT2D eigenvalue weighted by atomic mass is 16.4. The van der Waals surface area contributed by atoms with Crippen molar-refractivity contribution in [2.75, 3.05) is 0 Å². The summed E-state index contributed by atoms with van der Waals surface area (Å²) >= 11 is 0. The Labute approximate surface area is 126 Å². The molecule has 0 saturated carbocycles. The normalized spacial score (nSPS) is 14.5. The monoisotopic (exact) mass is 291 g/mol. The van der Waals surface area contributed by atoms with Gasteiger partial charge in [0.25, 0.3) is 0 Å². The van der Waals surface area contributed by atoms with Crippen LogP contribution in [0.5, 0.6) is 0 Å². The van der Waals surface area contributed by atoms with Crippen molar-refractivity contribution in [1.82, 2.24) is 5.32 Å². The van der Waals surface area contributed by atoms with Gasteiger partial charge in [-0.1, -0.05) is 55.3 Å². The first-order chi connectivity index (χ1) is 10.1. The van der Waals surface area contributed by atoms with Gasteiger partial charge in [-0.05, 0) is 25.3 Å². The molecule has 5 nitrogen and oxygen atoms in total. The Kier molecular flexibility index (Phi) is 7.29. The second kappa shape index (κ2) is 9.00. The Morgan fingerprint density at radius 3 is 2.62 bits per heavy atom. The van der Waals surface area contributed by atoms with E-state index in [-0.39, 0.29) is 17.8 Å². The number of nitrogens with one attached hydrogen (secondary N) is 1. The number of unbranched alkanes of at least 4 members (excludes halogenated alkanes) is 1. The summed E-state index contributed by atoms with van der Waals surface area (Å²) in [7, 11) is 0. The first-order valence-electron chi connectivity index (χ1n) is 7.40. The molecule has 0 bridgehead atoms. The summed E-state index contributed by atoms with van der Waals surface area (Å²) in [4.78, 5) is 12.3. The number of carbonyl (C=O) groups is 1. The van der Waals surface area contributed by atoms with Crippen LogP contribution in [0.25, 0.3) is 0 Å². The molecule has 0 spiro atoms. The van der Waals surface area contributed by atoms with Gasteiger partial charge < -0.3 is 16.3 Å². The van der Waals surface area contributed by atoms with E-state index < -0.39 is 5.92 Å². The van der Waals surface area contributed by atoms with E-state index in [4.69, 9.17) is 10.9 Å². The van der Waals surface area contributed by atoms with Gasteiger partial charge in [-0.15, -0.1) is 0 Å². The number of oxime groups is 1. The molecule has 21 heavy (non-hydrogen) atoms. The molecular weight excluding hydrogens is 266 g/mol. The maximum absolute atomic E-state index is 12.3. The van der Waals surface area contributed by atoms with E-state index in [2.05, 4.69) is 17.4 Å². The third-order valence-corrected chi connectivity index (χ3v) is 3.45. The molecule has 0 aliphatic heterocycles. The van der Waals surface area contributed by atoms with Crippen molar-refractivity contribution in [2.45, 2.75) is 45.6 Å². The highest BCUT2D eigenvalue weighted by Crippen LogP contribution is 2.11. The van der Waals surface area contributed by atoms with E-state index >= 15 is 0 Å².